The molecule has 0 aromatic heterocycles. The van der Waals surface area contributed by atoms with Crippen molar-refractivity contribution in [3.8, 4) is 0 Å². The quantitative estimate of drug-likeness (QED) is 0.746. The predicted octanol–water partition coefficient (Wildman–Crippen LogP) is 0.664. The Hall–Kier alpha value is -1.06. The van der Waals surface area contributed by atoms with Crippen LogP contribution in [0.3, 0.4) is 0 Å². The molecule has 1 heterocycles. The summed E-state index contributed by atoms with van der Waals surface area (Å²) < 4.78 is 0. The fourth-order valence-electron chi connectivity index (χ4n) is 2.72. The number of nitrogens with one attached hydrogen (secondary N) is 1. The maximum atomic E-state index is 12.3. The average Bonchev–Trinajstić information content (AvgIpc) is 2.98. The van der Waals surface area contributed by atoms with E-state index in [1.165, 1.54) is 6.42 Å². The second-order valence-corrected chi connectivity index (χ2v) is 5.33. The van der Waals surface area contributed by atoms with E-state index in [0.29, 0.717) is 12.0 Å². The van der Waals surface area contributed by atoms with Crippen LogP contribution in [0, 0.1) is 5.92 Å². The van der Waals surface area contributed by atoms with Gasteiger partial charge in [-0.15, -0.1) is 0 Å². The molecule has 2 atom stereocenters. The van der Waals surface area contributed by atoms with E-state index in [2.05, 4.69) is 5.32 Å². The largest absolute Gasteiger partial charge is 0.342 e. The minimum Gasteiger partial charge on any atom is -0.342 e. The molecule has 2 unspecified atom stereocenters. The first-order valence-electron chi connectivity index (χ1n) is 6.31. The Labute approximate surface area is 95.4 Å². The van der Waals surface area contributed by atoms with Gasteiger partial charge >= 0.3 is 0 Å². The van der Waals surface area contributed by atoms with E-state index in [0.717, 1.165) is 25.7 Å². The summed E-state index contributed by atoms with van der Waals surface area (Å²) in [6.07, 6.45) is 5.51. The lowest BCUT2D eigenvalue weighted by Crippen LogP contribution is -2.66. The zero-order chi connectivity index (χ0) is 11.3. The van der Waals surface area contributed by atoms with Crippen molar-refractivity contribution in [2.24, 2.45) is 5.92 Å². The fraction of sp³-hybridized carbons (Fsp3) is 0.833. The SMILES string of the molecule is CC1C(=O)NC(C2CC2)C(=O)N1C1CCC1. The van der Waals surface area contributed by atoms with Crippen molar-refractivity contribution in [1.29, 1.82) is 0 Å². The van der Waals surface area contributed by atoms with Crippen LogP contribution in [0.15, 0.2) is 0 Å². The van der Waals surface area contributed by atoms with Crippen molar-refractivity contribution in [2.75, 3.05) is 0 Å². The lowest BCUT2D eigenvalue weighted by molar-refractivity contribution is -0.154. The molecule has 16 heavy (non-hydrogen) atoms. The van der Waals surface area contributed by atoms with Crippen LogP contribution in [-0.4, -0.2) is 34.8 Å². The van der Waals surface area contributed by atoms with Gasteiger partial charge in [0.05, 0.1) is 0 Å². The molecule has 2 saturated carbocycles. The molecule has 2 amide bonds. The molecule has 1 saturated heterocycles. The summed E-state index contributed by atoms with van der Waals surface area (Å²) in [4.78, 5) is 26.0. The highest BCUT2D eigenvalue weighted by Gasteiger charge is 2.48. The Morgan fingerprint density at radius 1 is 1.19 bits per heavy atom. The third kappa shape index (κ3) is 1.43. The highest BCUT2D eigenvalue weighted by atomic mass is 16.2. The number of amides is 2. The van der Waals surface area contributed by atoms with Crippen molar-refractivity contribution in [3.63, 3.8) is 0 Å². The third-order valence-electron chi connectivity index (χ3n) is 4.18. The molecule has 0 aromatic carbocycles. The van der Waals surface area contributed by atoms with Gasteiger partial charge in [-0.1, -0.05) is 0 Å². The van der Waals surface area contributed by atoms with Crippen molar-refractivity contribution >= 4 is 11.8 Å². The molecule has 88 valence electrons. The maximum Gasteiger partial charge on any atom is 0.246 e. The van der Waals surface area contributed by atoms with Gasteiger partial charge in [0, 0.05) is 6.04 Å². The molecule has 0 radical (unpaired) electrons. The first kappa shape index (κ1) is 10.1. The highest BCUT2D eigenvalue weighted by Crippen LogP contribution is 2.37. The monoisotopic (exact) mass is 222 g/mol. The Kier molecular flexibility index (Phi) is 2.19. The Morgan fingerprint density at radius 3 is 2.38 bits per heavy atom. The Morgan fingerprint density at radius 2 is 1.88 bits per heavy atom. The van der Waals surface area contributed by atoms with E-state index >= 15 is 0 Å². The number of hydrogen-bond donors (Lipinski definition) is 1. The summed E-state index contributed by atoms with van der Waals surface area (Å²) in [6.45, 7) is 1.84. The summed E-state index contributed by atoms with van der Waals surface area (Å²) in [7, 11) is 0. The summed E-state index contributed by atoms with van der Waals surface area (Å²) in [5, 5.41) is 2.88. The standard InChI is InChI=1S/C12H18N2O2/c1-7-11(15)13-10(8-5-6-8)12(16)14(7)9-3-2-4-9/h7-10H,2-6H2,1H3,(H,13,15). The predicted molar refractivity (Wildman–Crippen MR) is 58.6 cm³/mol. The van der Waals surface area contributed by atoms with Crippen LogP contribution < -0.4 is 5.32 Å². The average molecular weight is 222 g/mol. The van der Waals surface area contributed by atoms with E-state index in [1.807, 2.05) is 11.8 Å². The summed E-state index contributed by atoms with van der Waals surface area (Å²) in [5.74, 6) is 0.606. The fourth-order valence-corrected chi connectivity index (χ4v) is 2.72. The van der Waals surface area contributed by atoms with Gasteiger partial charge in [0.25, 0.3) is 0 Å². The minimum absolute atomic E-state index is 0.0309. The number of carbonyl (C=O) groups excluding carboxylic acids is 2. The van der Waals surface area contributed by atoms with E-state index in [4.69, 9.17) is 0 Å². The topological polar surface area (TPSA) is 49.4 Å². The maximum absolute atomic E-state index is 12.3. The van der Waals surface area contributed by atoms with Crippen LogP contribution >= 0.6 is 0 Å². The molecular weight excluding hydrogens is 204 g/mol. The van der Waals surface area contributed by atoms with Crippen LogP contribution in [0.1, 0.15) is 39.0 Å². The molecule has 4 heteroatoms. The first-order valence-corrected chi connectivity index (χ1v) is 6.31. The van der Waals surface area contributed by atoms with E-state index in [1.54, 1.807) is 0 Å². The molecule has 3 rings (SSSR count). The number of carbonyl (C=O) groups is 2. The number of nitrogens with zero attached hydrogens (tertiary/aromatic N) is 1. The van der Waals surface area contributed by atoms with Gasteiger partial charge in [0.2, 0.25) is 11.8 Å². The summed E-state index contributed by atoms with van der Waals surface area (Å²) in [5.41, 5.74) is 0. The van der Waals surface area contributed by atoms with Gasteiger partial charge in [-0.2, -0.15) is 0 Å². The van der Waals surface area contributed by atoms with Crippen molar-refractivity contribution < 1.29 is 9.59 Å². The van der Waals surface area contributed by atoms with Gasteiger partial charge in [0.1, 0.15) is 12.1 Å². The molecule has 3 fully saturated rings. The van der Waals surface area contributed by atoms with E-state index in [-0.39, 0.29) is 23.9 Å². The molecule has 2 aliphatic carbocycles. The first-order chi connectivity index (χ1) is 7.68. The molecule has 4 nitrogen and oxygen atoms in total. The second kappa shape index (κ2) is 3.47. The molecule has 3 aliphatic rings. The molecule has 0 spiro atoms. The van der Waals surface area contributed by atoms with Gasteiger partial charge < -0.3 is 10.2 Å². The number of piperazine rings is 1. The van der Waals surface area contributed by atoms with Gasteiger partial charge in [0.15, 0.2) is 0 Å². The number of rotatable bonds is 2. The lowest BCUT2D eigenvalue weighted by Gasteiger charge is -2.45. The molecular formula is C12H18N2O2. The zero-order valence-corrected chi connectivity index (χ0v) is 9.61. The van der Waals surface area contributed by atoms with Gasteiger partial charge in [-0.05, 0) is 44.9 Å². The Balaban J connectivity index is 1.81. The zero-order valence-electron chi connectivity index (χ0n) is 9.61. The Bertz CT molecular complexity index is 334. The molecule has 0 aromatic rings. The molecule has 0 bridgehead atoms. The lowest BCUT2D eigenvalue weighted by atomic mass is 9.88. The van der Waals surface area contributed by atoms with Gasteiger partial charge in [-0.25, -0.2) is 0 Å². The van der Waals surface area contributed by atoms with E-state index < -0.39 is 0 Å². The van der Waals surface area contributed by atoms with E-state index in [9.17, 15) is 9.59 Å². The molecule has 1 N–H and O–H groups in total. The van der Waals surface area contributed by atoms with Crippen molar-refractivity contribution in [2.45, 2.75) is 57.2 Å². The molecule has 1 aliphatic heterocycles. The highest BCUT2D eigenvalue weighted by molar-refractivity contribution is 5.97. The second-order valence-electron chi connectivity index (χ2n) is 5.33. The van der Waals surface area contributed by atoms with Crippen LogP contribution in [-0.2, 0) is 9.59 Å². The van der Waals surface area contributed by atoms with Crippen molar-refractivity contribution in [3.05, 3.63) is 0 Å². The normalized spacial score (nSPS) is 35.9. The van der Waals surface area contributed by atoms with Crippen LogP contribution in [0.4, 0.5) is 0 Å². The minimum atomic E-state index is -0.271. The third-order valence-corrected chi connectivity index (χ3v) is 4.18. The van der Waals surface area contributed by atoms with Crippen molar-refractivity contribution in [1.82, 2.24) is 10.2 Å². The van der Waals surface area contributed by atoms with Crippen LogP contribution in [0.25, 0.3) is 0 Å². The van der Waals surface area contributed by atoms with Crippen LogP contribution in [0.5, 0.6) is 0 Å². The van der Waals surface area contributed by atoms with Crippen LogP contribution in [0.2, 0.25) is 0 Å². The summed E-state index contributed by atoms with van der Waals surface area (Å²) >= 11 is 0. The number of hydrogen-bond acceptors (Lipinski definition) is 2. The smallest absolute Gasteiger partial charge is 0.246 e. The summed E-state index contributed by atoms with van der Waals surface area (Å²) in [6, 6.07) is -0.160. The van der Waals surface area contributed by atoms with Gasteiger partial charge in [-0.3, -0.25) is 9.59 Å².